The molecule has 2 atom stereocenters. The van der Waals surface area contributed by atoms with Gasteiger partial charge in [-0.05, 0) is 90.2 Å². The van der Waals surface area contributed by atoms with Crippen molar-refractivity contribution in [3.05, 3.63) is 70.4 Å². The van der Waals surface area contributed by atoms with Crippen LogP contribution < -0.4 is 31.4 Å². The fourth-order valence-electron chi connectivity index (χ4n) is 6.20. The number of thiophene rings is 2. The highest BCUT2D eigenvalue weighted by molar-refractivity contribution is 7.13. The van der Waals surface area contributed by atoms with E-state index in [1.165, 1.54) is 10.4 Å². The van der Waals surface area contributed by atoms with Crippen LogP contribution in [0, 0.1) is 0 Å². The molecule has 0 fully saturated rings. The summed E-state index contributed by atoms with van der Waals surface area (Å²) in [6, 6.07) is 16.4. The molecule has 4 aromatic rings. The van der Waals surface area contributed by atoms with Crippen LogP contribution in [0.3, 0.4) is 0 Å². The molecule has 6 heterocycles. The first-order valence-electron chi connectivity index (χ1n) is 15.7. The predicted molar refractivity (Wildman–Crippen MR) is 191 cm³/mol. The number of carbonyl (C=O) groups is 1. The highest BCUT2D eigenvalue weighted by Crippen LogP contribution is 2.40. The van der Waals surface area contributed by atoms with Crippen LogP contribution in [0.1, 0.15) is 44.1 Å². The van der Waals surface area contributed by atoms with Crippen molar-refractivity contribution in [2.75, 3.05) is 39.5 Å². The zero-order chi connectivity index (χ0) is 32.5. The third kappa shape index (κ3) is 7.12. The predicted octanol–water partition coefficient (Wildman–Crippen LogP) is 5.09. The zero-order valence-corrected chi connectivity index (χ0v) is 29.3. The largest absolute Gasteiger partial charge is 0.498 e. The Labute approximate surface area is 294 Å². The molecule has 0 radical (unpaired) electrons. The van der Waals surface area contributed by atoms with Crippen molar-refractivity contribution in [3.8, 4) is 32.4 Å². The number of nitrogens with two attached hydrogens (primary N) is 1. The lowest BCUT2D eigenvalue weighted by Crippen LogP contribution is -2.35. The number of amides is 1. The first-order valence-corrected chi connectivity index (χ1v) is 17.4. The summed E-state index contributed by atoms with van der Waals surface area (Å²) in [5, 5.41) is 6.93. The van der Waals surface area contributed by atoms with Crippen LogP contribution in [0.15, 0.2) is 59.3 Å². The van der Waals surface area contributed by atoms with Crippen LogP contribution >= 0.6 is 35.1 Å². The molecule has 10 nitrogen and oxygen atoms in total. The Morgan fingerprint density at radius 2 is 1.35 bits per heavy atom. The maximum absolute atomic E-state index is 12.1. The van der Waals surface area contributed by atoms with E-state index in [9.17, 15) is 4.79 Å². The van der Waals surface area contributed by atoms with Gasteiger partial charge in [-0.25, -0.2) is 4.79 Å². The topological polar surface area (TPSA) is 120 Å². The van der Waals surface area contributed by atoms with Gasteiger partial charge in [0.2, 0.25) is 0 Å². The highest BCUT2D eigenvalue weighted by atomic mass is 35.5. The molecular formula is C33H37B2ClN2O8S2. The van der Waals surface area contributed by atoms with Gasteiger partial charge < -0.3 is 43.9 Å². The minimum absolute atomic E-state index is 0. The molecule has 2 aromatic heterocycles. The van der Waals surface area contributed by atoms with Gasteiger partial charge in [-0.3, -0.25) is 0 Å². The van der Waals surface area contributed by atoms with Crippen molar-refractivity contribution in [2.24, 2.45) is 5.73 Å². The van der Waals surface area contributed by atoms with E-state index in [0.717, 1.165) is 44.0 Å². The molecule has 0 unspecified atom stereocenters. The fraction of sp³-hybridized carbons (Fsp3) is 0.364. The van der Waals surface area contributed by atoms with Crippen LogP contribution in [-0.4, -0.2) is 65.4 Å². The first-order chi connectivity index (χ1) is 22.8. The van der Waals surface area contributed by atoms with Gasteiger partial charge in [0.25, 0.3) is 0 Å². The molecular weight excluding hydrogens is 674 g/mol. The average molecular weight is 711 g/mol. The second-order valence-corrected chi connectivity index (χ2v) is 14.2. The summed E-state index contributed by atoms with van der Waals surface area (Å²) in [5.74, 6) is 1.64. The molecule has 8 rings (SSSR count). The van der Waals surface area contributed by atoms with Crippen LogP contribution in [-0.2, 0) is 23.4 Å². The van der Waals surface area contributed by atoms with E-state index >= 15 is 0 Å². The molecule has 0 saturated heterocycles. The second-order valence-electron chi connectivity index (χ2n) is 12.3. The molecule has 2 aromatic carbocycles. The third-order valence-corrected chi connectivity index (χ3v) is 9.83. The van der Waals surface area contributed by atoms with Gasteiger partial charge in [-0.1, -0.05) is 12.1 Å². The average Bonchev–Trinajstić information content (AvgIpc) is 3.84. The summed E-state index contributed by atoms with van der Waals surface area (Å²) in [5.41, 5.74) is 11.7. The van der Waals surface area contributed by atoms with Crippen molar-refractivity contribution in [3.63, 3.8) is 0 Å². The van der Waals surface area contributed by atoms with Gasteiger partial charge in [-0.15, -0.1) is 35.1 Å². The lowest BCUT2D eigenvalue weighted by Gasteiger charge is -2.22. The first kappa shape index (κ1) is 34.8. The Bertz CT molecular complexity index is 1720. The van der Waals surface area contributed by atoms with Crippen LogP contribution in [0.5, 0.6) is 11.5 Å². The van der Waals surface area contributed by atoms with Gasteiger partial charge in [0.1, 0.15) is 30.3 Å². The van der Waals surface area contributed by atoms with E-state index in [1.807, 2.05) is 44.4 Å². The van der Waals surface area contributed by atoms with Crippen LogP contribution in [0.25, 0.3) is 20.9 Å². The number of benzene rings is 2. The Morgan fingerprint density at radius 3 is 1.83 bits per heavy atom. The zero-order valence-electron chi connectivity index (χ0n) is 26.9. The number of rotatable bonds is 5. The van der Waals surface area contributed by atoms with E-state index in [4.69, 9.17) is 38.6 Å². The molecule has 0 aliphatic carbocycles. The molecule has 0 saturated carbocycles. The molecule has 0 spiro atoms. The lowest BCUT2D eigenvalue weighted by atomic mass is 9.76. The number of nitrogens with one attached hydrogen (secondary N) is 1. The SMILES string of the molecule is CC(C)(C)OC(=O)NC[C@H]1OB2OCCOc3ccc(-c4cccs4)c1c32.Cl.NC[C@H]1OB2OCCOc3ccc(-c4cccs4)c1c32. The smallest absolute Gasteiger partial charge is 0.492 e. The summed E-state index contributed by atoms with van der Waals surface area (Å²) in [7, 11) is -0.834. The molecule has 1 amide bonds. The molecule has 4 aliphatic rings. The number of hydrogen-bond donors (Lipinski definition) is 2. The quantitative estimate of drug-likeness (QED) is 0.273. The summed E-state index contributed by atoms with van der Waals surface area (Å²) in [6.07, 6.45) is -0.931. The summed E-state index contributed by atoms with van der Waals surface area (Å²) in [6.45, 7) is 8.28. The standard InChI is InChI=1S/C19H22BNO5S.C14H14BNO3S.ClH/c1-19(2,3)25-18(22)21-11-14-16-12(15-5-4-10-27-15)6-7-13-17(16)20(26-14)24-9-8-23-13;16-8-11-13-9(12-2-1-7-20-12)3-4-10-14(13)15(19-11)18-6-5-17-10;/h4-7,10,14H,8-9,11H2,1-3H3,(H,21,22);1-4,7,11H,5-6,8,16H2;1H/t14-;11-;/m11./s1. The lowest BCUT2D eigenvalue weighted by molar-refractivity contribution is 0.0494. The highest BCUT2D eigenvalue weighted by Gasteiger charge is 2.44. The Balaban J connectivity index is 0.000000170. The number of hydrogen-bond acceptors (Lipinski definition) is 11. The van der Waals surface area contributed by atoms with Gasteiger partial charge in [0.05, 0.1) is 25.4 Å². The Morgan fingerprint density at radius 1 is 0.833 bits per heavy atom. The summed E-state index contributed by atoms with van der Waals surface area (Å²) < 4.78 is 40.6. The van der Waals surface area contributed by atoms with E-state index in [1.54, 1.807) is 22.7 Å². The van der Waals surface area contributed by atoms with Gasteiger partial charge in [0.15, 0.2) is 0 Å². The minimum Gasteiger partial charge on any atom is -0.492 e. The number of carbonyl (C=O) groups excluding carboxylic acids is 1. The minimum atomic E-state index is -0.547. The van der Waals surface area contributed by atoms with E-state index in [0.29, 0.717) is 39.5 Å². The van der Waals surface area contributed by atoms with Crippen molar-refractivity contribution < 1.29 is 37.6 Å². The molecule has 4 aliphatic heterocycles. The summed E-state index contributed by atoms with van der Waals surface area (Å²) in [4.78, 5) is 14.4. The third-order valence-electron chi connectivity index (χ3n) is 8.02. The maximum atomic E-state index is 12.1. The Kier molecular flexibility index (Phi) is 10.7. The van der Waals surface area contributed by atoms with E-state index in [2.05, 4.69) is 41.0 Å². The molecule has 0 bridgehead atoms. The van der Waals surface area contributed by atoms with Crippen molar-refractivity contribution in [1.29, 1.82) is 0 Å². The van der Waals surface area contributed by atoms with Crippen molar-refractivity contribution in [1.82, 2.24) is 5.32 Å². The van der Waals surface area contributed by atoms with E-state index < -0.39 is 18.8 Å². The van der Waals surface area contributed by atoms with Gasteiger partial charge in [0, 0.05) is 33.8 Å². The van der Waals surface area contributed by atoms with E-state index in [-0.39, 0.29) is 31.7 Å². The number of halogens is 1. The molecule has 15 heteroatoms. The van der Waals surface area contributed by atoms with Crippen LogP contribution in [0.2, 0.25) is 0 Å². The van der Waals surface area contributed by atoms with Crippen molar-refractivity contribution in [2.45, 2.75) is 38.6 Å². The fourth-order valence-corrected chi connectivity index (χ4v) is 7.73. The monoisotopic (exact) mass is 710 g/mol. The second kappa shape index (κ2) is 14.8. The molecule has 48 heavy (non-hydrogen) atoms. The molecule has 252 valence electrons. The van der Waals surface area contributed by atoms with Crippen LogP contribution in [0.4, 0.5) is 4.79 Å². The Hall–Kier alpha value is -3.07. The maximum Gasteiger partial charge on any atom is 0.498 e. The summed E-state index contributed by atoms with van der Waals surface area (Å²) >= 11 is 3.38. The molecule has 3 N–H and O–H groups in total. The number of ether oxygens (including phenoxy) is 3. The van der Waals surface area contributed by atoms with Gasteiger partial charge in [-0.2, -0.15) is 0 Å². The normalized spacial score (nSPS) is 18.9. The number of alkyl carbamates (subject to hydrolysis) is 1. The van der Waals surface area contributed by atoms with Gasteiger partial charge >= 0.3 is 20.3 Å². The van der Waals surface area contributed by atoms with Crippen molar-refractivity contribution >= 4 is 66.3 Å².